The minimum atomic E-state index is -0.172. The highest BCUT2D eigenvalue weighted by Gasteiger charge is 2.32. The Bertz CT molecular complexity index is 955. The molecule has 5 nitrogen and oxygen atoms in total. The summed E-state index contributed by atoms with van der Waals surface area (Å²) in [7, 11) is 1.79. The summed E-state index contributed by atoms with van der Waals surface area (Å²) in [5, 5.41) is 8.15. The normalized spacial score (nSPS) is 19.2. The molecule has 6 heteroatoms. The highest BCUT2D eigenvalue weighted by atomic mass is 35.5. The van der Waals surface area contributed by atoms with Gasteiger partial charge in [0.05, 0.1) is 16.6 Å². The summed E-state index contributed by atoms with van der Waals surface area (Å²) < 4.78 is 7.50. The maximum absolute atomic E-state index is 13.0. The molecule has 0 radical (unpaired) electrons. The number of nitrogens with one attached hydrogen (secondary N) is 1. The average Bonchev–Trinajstić information content (AvgIpc) is 3.29. The van der Waals surface area contributed by atoms with Gasteiger partial charge >= 0.3 is 0 Å². The zero-order valence-corrected chi connectivity index (χ0v) is 15.7. The van der Waals surface area contributed by atoms with E-state index in [1.54, 1.807) is 24.0 Å². The second kappa shape index (κ2) is 7.55. The first kappa shape index (κ1) is 17.8. The highest BCUT2D eigenvalue weighted by molar-refractivity contribution is 6.33. The van der Waals surface area contributed by atoms with Crippen molar-refractivity contribution >= 4 is 17.5 Å². The molecule has 0 saturated carbocycles. The second-order valence-electron chi connectivity index (χ2n) is 6.62. The number of nitrogens with zero attached hydrogens (tertiary/aromatic N) is 2. The zero-order valence-electron chi connectivity index (χ0n) is 14.9. The van der Waals surface area contributed by atoms with Crippen molar-refractivity contribution in [1.82, 2.24) is 15.1 Å². The van der Waals surface area contributed by atoms with Gasteiger partial charge < -0.3 is 10.1 Å². The summed E-state index contributed by atoms with van der Waals surface area (Å²) in [6, 6.07) is 17.3. The van der Waals surface area contributed by atoms with E-state index in [1.165, 1.54) is 0 Å². The Hall–Kier alpha value is -2.63. The van der Waals surface area contributed by atoms with Gasteiger partial charge in [0.1, 0.15) is 11.8 Å². The molecule has 0 bridgehead atoms. The summed E-state index contributed by atoms with van der Waals surface area (Å²) >= 11 is 6.32. The molecule has 2 aromatic carbocycles. The van der Waals surface area contributed by atoms with Gasteiger partial charge in [0, 0.05) is 25.4 Å². The van der Waals surface area contributed by atoms with Crippen LogP contribution in [0, 0.1) is 0 Å². The van der Waals surface area contributed by atoms with Crippen molar-refractivity contribution in [2.45, 2.75) is 18.6 Å². The molecule has 2 heterocycles. The van der Waals surface area contributed by atoms with Gasteiger partial charge in [-0.25, -0.2) is 0 Å². The largest absolute Gasteiger partial charge is 0.371 e. The molecule has 2 atom stereocenters. The minimum Gasteiger partial charge on any atom is -0.371 e. The van der Waals surface area contributed by atoms with Gasteiger partial charge in [-0.15, -0.1) is 0 Å². The fourth-order valence-electron chi connectivity index (χ4n) is 3.46. The molecule has 0 unspecified atom stereocenters. The maximum atomic E-state index is 13.0. The van der Waals surface area contributed by atoms with Crippen LogP contribution in [0.3, 0.4) is 0 Å². The molecule has 1 N–H and O–H groups in total. The molecule has 3 aromatic rings. The van der Waals surface area contributed by atoms with E-state index >= 15 is 0 Å². The molecule has 138 valence electrons. The maximum Gasteiger partial charge on any atom is 0.255 e. The highest BCUT2D eigenvalue weighted by Crippen LogP contribution is 2.31. The van der Waals surface area contributed by atoms with E-state index in [1.807, 2.05) is 48.5 Å². The second-order valence-corrected chi connectivity index (χ2v) is 7.02. The van der Waals surface area contributed by atoms with Crippen molar-refractivity contribution in [3.8, 4) is 11.3 Å². The standard InChI is InChI=1S/C21H20ClN3O2/c1-25-13-16(19(24-25)15-9-5-6-10-17(15)22)21(26)23-18-11-12-27-20(18)14-7-3-2-4-8-14/h2-10,13,18,20H,11-12H2,1H3,(H,23,26)/t18-,20+/m0/s1. The number of hydrogen-bond acceptors (Lipinski definition) is 3. The zero-order chi connectivity index (χ0) is 18.8. The Morgan fingerprint density at radius 3 is 2.70 bits per heavy atom. The third-order valence-electron chi connectivity index (χ3n) is 4.74. The molecule has 4 rings (SSSR count). The van der Waals surface area contributed by atoms with Crippen LogP contribution in [-0.4, -0.2) is 28.3 Å². The molecule has 1 amide bonds. The van der Waals surface area contributed by atoms with Crippen LogP contribution in [-0.2, 0) is 11.8 Å². The molecule has 0 spiro atoms. The number of carbonyl (C=O) groups is 1. The molecule has 1 aliphatic rings. The van der Waals surface area contributed by atoms with Gasteiger partial charge in [-0.1, -0.05) is 60.1 Å². The van der Waals surface area contributed by atoms with Crippen LogP contribution in [0.4, 0.5) is 0 Å². The van der Waals surface area contributed by atoms with Crippen molar-refractivity contribution in [1.29, 1.82) is 0 Å². The van der Waals surface area contributed by atoms with Crippen LogP contribution in [0.25, 0.3) is 11.3 Å². The number of benzene rings is 2. The van der Waals surface area contributed by atoms with Gasteiger partial charge in [0.2, 0.25) is 0 Å². The van der Waals surface area contributed by atoms with Crippen LogP contribution < -0.4 is 5.32 Å². The van der Waals surface area contributed by atoms with Crippen LogP contribution >= 0.6 is 11.6 Å². The van der Waals surface area contributed by atoms with Crippen LogP contribution in [0.15, 0.2) is 60.8 Å². The van der Waals surface area contributed by atoms with Gasteiger partial charge in [0.15, 0.2) is 0 Å². The monoisotopic (exact) mass is 381 g/mol. The van der Waals surface area contributed by atoms with Crippen LogP contribution in [0.5, 0.6) is 0 Å². The Morgan fingerprint density at radius 2 is 1.93 bits per heavy atom. The lowest BCUT2D eigenvalue weighted by atomic mass is 10.0. The summed E-state index contributed by atoms with van der Waals surface area (Å²) in [6.45, 7) is 0.620. The van der Waals surface area contributed by atoms with E-state index < -0.39 is 0 Å². The van der Waals surface area contributed by atoms with Crippen molar-refractivity contribution in [2.75, 3.05) is 6.61 Å². The quantitative estimate of drug-likeness (QED) is 0.743. The van der Waals surface area contributed by atoms with E-state index in [-0.39, 0.29) is 18.1 Å². The Balaban J connectivity index is 1.60. The van der Waals surface area contributed by atoms with Crippen molar-refractivity contribution in [3.63, 3.8) is 0 Å². The van der Waals surface area contributed by atoms with Crippen LogP contribution in [0.1, 0.15) is 28.4 Å². The number of aromatic nitrogens is 2. The molecular weight excluding hydrogens is 362 g/mol. The molecule has 1 aliphatic heterocycles. The first-order chi connectivity index (χ1) is 13.1. The summed E-state index contributed by atoms with van der Waals surface area (Å²) in [4.78, 5) is 13.0. The number of amides is 1. The third kappa shape index (κ3) is 3.61. The summed E-state index contributed by atoms with van der Waals surface area (Å²) in [5.74, 6) is -0.172. The average molecular weight is 382 g/mol. The SMILES string of the molecule is Cn1cc(C(=O)N[C@H]2CCO[C@@H]2c2ccccc2)c(-c2ccccc2Cl)n1. The van der Waals surface area contributed by atoms with Crippen molar-refractivity contribution in [2.24, 2.45) is 7.05 Å². The minimum absolute atomic E-state index is 0.0841. The number of rotatable bonds is 4. The smallest absolute Gasteiger partial charge is 0.255 e. The number of halogens is 1. The van der Waals surface area contributed by atoms with E-state index in [9.17, 15) is 4.79 Å². The van der Waals surface area contributed by atoms with Gasteiger partial charge in [-0.3, -0.25) is 9.48 Å². The number of aryl methyl sites for hydroxylation is 1. The van der Waals surface area contributed by atoms with Crippen molar-refractivity contribution in [3.05, 3.63) is 76.9 Å². The number of ether oxygens (including phenoxy) is 1. The van der Waals surface area contributed by atoms with E-state index in [0.29, 0.717) is 22.9 Å². The molecule has 1 aromatic heterocycles. The molecule has 1 saturated heterocycles. The van der Waals surface area contributed by atoms with E-state index in [2.05, 4.69) is 10.4 Å². The predicted molar refractivity (Wildman–Crippen MR) is 105 cm³/mol. The first-order valence-corrected chi connectivity index (χ1v) is 9.27. The lowest BCUT2D eigenvalue weighted by Crippen LogP contribution is -2.36. The van der Waals surface area contributed by atoms with Gasteiger partial charge in [-0.05, 0) is 18.1 Å². The lowest BCUT2D eigenvalue weighted by Gasteiger charge is -2.20. The Labute approximate surface area is 162 Å². The number of hydrogen-bond donors (Lipinski definition) is 1. The first-order valence-electron chi connectivity index (χ1n) is 8.89. The van der Waals surface area contributed by atoms with Crippen LogP contribution in [0.2, 0.25) is 5.02 Å². The van der Waals surface area contributed by atoms with Gasteiger partial charge in [0.25, 0.3) is 5.91 Å². The molecule has 27 heavy (non-hydrogen) atoms. The molecular formula is C21H20ClN3O2. The summed E-state index contributed by atoms with van der Waals surface area (Å²) in [5.41, 5.74) is 2.89. The third-order valence-corrected chi connectivity index (χ3v) is 5.07. The Morgan fingerprint density at radius 1 is 1.19 bits per heavy atom. The molecule has 1 fully saturated rings. The molecule has 0 aliphatic carbocycles. The Kier molecular flexibility index (Phi) is 4.97. The summed E-state index contributed by atoms with van der Waals surface area (Å²) in [6.07, 6.45) is 2.35. The topological polar surface area (TPSA) is 56.2 Å². The fraction of sp³-hybridized carbons (Fsp3) is 0.238. The fourth-order valence-corrected chi connectivity index (χ4v) is 3.69. The predicted octanol–water partition coefficient (Wildman–Crippen LogP) is 4.00. The van der Waals surface area contributed by atoms with E-state index in [0.717, 1.165) is 17.5 Å². The van der Waals surface area contributed by atoms with Crippen molar-refractivity contribution < 1.29 is 9.53 Å². The van der Waals surface area contributed by atoms with Gasteiger partial charge in [-0.2, -0.15) is 5.10 Å². The number of carbonyl (C=O) groups excluding carboxylic acids is 1. The van der Waals surface area contributed by atoms with E-state index in [4.69, 9.17) is 16.3 Å². The lowest BCUT2D eigenvalue weighted by molar-refractivity contribution is 0.0822.